The van der Waals surface area contributed by atoms with Crippen molar-refractivity contribution in [1.82, 2.24) is 4.72 Å². The first kappa shape index (κ1) is 12.3. The van der Waals surface area contributed by atoms with E-state index in [4.69, 9.17) is 0 Å². The second kappa shape index (κ2) is 4.52. The molecular weight excluding hydrogens is 166 g/mol. The zero-order chi connectivity index (χ0) is 9.83. The highest BCUT2D eigenvalue weighted by atomic mass is 32.2. The van der Waals surface area contributed by atoms with E-state index in [1.54, 1.807) is 0 Å². The summed E-state index contributed by atoms with van der Waals surface area (Å²) in [6.45, 7) is 13.5. The molecule has 0 rings (SSSR count). The third kappa shape index (κ3) is 5.04. The van der Waals surface area contributed by atoms with Crippen LogP contribution in [-0.4, -0.2) is 10.3 Å². The van der Waals surface area contributed by atoms with E-state index in [9.17, 15) is 0 Å². The SMILES string of the molecule is CCC(C)(C)NSC(C)(C)CC. The van der Waals surface area contributed by atoms with Crippen LogP contribution < -0.4 is 4.72 Å². The van der Waals surface area contributed by atoms with Gasteiger partial charge in [-0.1, -0.05) is 25.8 Å². The molecule has 74 valence electrons. The summed E-state index contributed by atoms with van der Waals surface area (Å²) in [5.41, 5.74) is 0.261. The second-order valence-electron chi connectivity index (χ2n) is 4.55. The summed E-state index contributed by atoms with van der Waals surface area (Å²) in [5, 5.41) is 0. The predicted octanol–water partition coefficient (Wildman–Crippen LogP) is 3.60. The van der Waals surface area contributed by atoms with Crippen molar-refractivity contribution in [2.75, 3.05) is 0 Å². The van der Waals surface area contributed by atoms with Crippen molar-refractivity contribution in [2.45, 2.75) is 64.7 Å². The monoisotopic (exact) mass is 189 g/mol. The Morgan fingerprint density at radius 1 is 1.00 bits per heavy atom. The molecule has 0 unspecified atom stereocenters. The standard InChI is InChI=1S/C10H23NS/c1-7-9(3,4)11-12-10(5,6)8-2/h11H,7-8H2,1-6H3. The molecule has 0 radical (unpaired) electrons. The van der Waals surface area contributed by atoms with Gasteiger partial charge in [0.2, 0.25) is 0 Å². The van der Waals surface area contributed by atoms with E-state index in [1.165, 1.54) is 12.8 Å². The zero-order valence-electron chi connectivity index (χ0n) is 9.32. The van der Waals surface area contributed by atoms with E-state index < -0.39 is 0 Å². The molecule has 0 aromatic heterocycles. The fourth-order valence-electron chi connectivity index (χ4n) is 0.421. The van der Waals surface area contributed by atoms with Gasteiger partial charge in [-0.15, -0.1) is 0 Å². The maximum atomic E-state index is 3.52. The average molecular weight is 189 g/mol. The van der Waals surface area contributed by atoms with Crippen LogP contribution in [0.5, 0.6) is 0 Å². The Morgan fingerprint density at radius 2 is 1.50 bits per heavy atom. The summed E-state index contributed by atoms with van der Waals surface area (Å²) in [4.78, 5) is 0. The number of nitrogens with one attached hydrogen (secondary N) is 1. The smallest absolute Gasteiger partial charge is 0.0246 e. The summed E-state index contributed by atoms with van der Waals surface area (Å²) in [6.07, 6.45) is 2.37. The number of hydrogen-bond donors (Lipinski definition) is 1. The summed E-state index contributed by atoms with van der Waals surface area (Å²) >= 11 is 1.86. The van der Waals surface area contributed by atoms with Crippen molar-refractivity contribution in [3.8, 4) is 0 Å². The quantitative estimate of drug-likeness (QED) is 0.663. The largest absolute Gasteiger partial charge is 0.258 e. The van der Waals surface area contributed by atoms with Gasteiger partial charge in [-0.25, -0.2) is 0 Å². The lowest BCUT2D eigenvalue weighted by atomic mass is 10.0. The van der Waals surface area contributed by atoms with Crippen LogP contribution in [0, 0.1) is 0 Å². The molecule has 0 spiro atoms. The Labute approximate surface area is 81.8 Å². The first-order chi connectivity index (χ1) is 5.33. The maximum absolute atomic E-state index is 3.52. The molecule has 0 fully saturated rings. The van der Waals surface area contributed by atoms with Crippen molar-refractivity contribution in [1.29, 1.82) is 0 Å². The van der Waals surface area contributed by atoms with Gasteiger partial charge in [0, 0.05) is 10.3 Å². The van der Waals surface area contributed by atoms with Gasteiger partial charge < -0.3 is 0 Å². The van der Waals surface area contributed by atoms with Gasteiger partial charge in [0.1, 0.15) is 0 Å². The van der Waals surface area contributed by atoms with Gasteiger partial charge >= 0.3 is 0 Å². The van der Waals surface area contributed by atoms with Crippen LogP contribution >= 0.6 is 11.9 Å². The molecule has 1 nitrogen and oxygen atoms in total. The van der Waals surface area contributed by atoms with Crippen LogP contribution in [0.25, 0.3) is 0 Å². The van der Waals surface area contributed by atoms with Crippen molar-refractivity contribution < 1.29 is 0 Å². The van der Waals surface area contributed by atoms with Gasteiger partial charge in [0.15, 0.2) is 0 Å². The molecule has 0 bridgehead atoms. The molecule has 1 N–H and O–H groups in total. The lowest BCUT2D eigenvalue weighted by Crippen LogP contribution is -2.36. The molecule has 2 heteroatoms. The van der Waals surface area contributed by atoms with Gasteiger partial charge in [-0.2, -0.15) is 0 Å². The molecule has 0 amide bonds. The lowest BCUT2D eigenvalue weighted by molar-refractivity contribution is 0.460. The Hall–Kier alpha value is 0.310. The van der Waals surface area contributed by atoms with E-state index in [0.29, 0.717) is 4.75 Å². The van der Waals surface area contributed by atoms with Crippen molar-refractivity contribution >= 4 is 11.9 Å². The molecule has 12 heavy (non-hydrogen) atoms. The third-order valence-corrected chi connectivity index (χ3v) is 3.83. The highest BCUT2D eigenvalue weighted by Crippen LogP contribution is 2.27. The Balaban J connectivity index is 3.82. The predicted molar refractivity (Wildman–Crippen MR) is 59.5 cm³/mol. The van der Waals surface area contributed by atoms with E-state index in [0.717, 1.165) is 0 Å². The Bertz CT molecular complexity index is 114. The molecule has 0 atom stereocenters. The molecule has 0 aliphatic rings. The van der Waals surface area contributed by atoms with Crippen LogP contribution in [0.2, 0.25) is 0 Å². The number of rotatable bonds is 5. The minimum absolute atomic E-state index is 0.261. The zero-order valence-corrected chi connectivity index (χ0v) is 10.1. The third-order valence-electron chi connectivity index (χ3n) is 2.34. The molecule has 0 heterocycles. The first-order valence-corrected chi connectivity index (χ1v) is 5.60. The highest BCUT2D eigenvalue weighted by molar-refractivity contribution is 7.98. The van der Waals surface area contributed by atoms with Gasteiger partial charge in [-0.3, -0.25) is 4.72 Å². The van der Waals surface area contributed by atoms with Crippen LogP contribution in [0.4, 0.5) is 0 Å². The van der Waals surface area contributed by atoms with Crippen molar-refractivity contribution in [2.24, 2.45) is 0 Å². The van der Waals surface area contributed by atoms with E-state index in [1.807, 2.05) is 11.9 Å². The molecule has 0 saturated carbocycles. The summed E-state index contributed by atoms with van der Waals surface area (Å²) in [6, 6.07) is 0. The summed E-state index contributed by atoms with van der Waals surface area (Å²) in [7, 11) is 0. The highest BCUT2D eigenvalue weighted by Gasteiger charge is 2.21. The van der Waals surface area contributed by atoms with E-state index in [2.05, 4.69) is 46.3 Å². The van der Waals surface area contributed by atoms with E-state index in [-0.39, 0.29) is 5.54 Å². The maximum Gasteiger partial charge on any atom is 0.0246 e. The number of hydrogen-bond acceptors (Lipinski definition) is 2. The van der Waals surface area contributed by atoms with Crippen LogP contribution in [0.1, 0.15) is 54.4 Å². The van der Waals surface area contributed by atoms with Gasteiger partial charge in [-0.05, 0) is 40.5 Å². The normalized spacial score (nSPS) is 13.5. The van der Waals surface area contributed by atoms with Crippen LogP contribution in [0.3, 0.4) is 0 Å². The minimum atomic E-state index is 0.261. The van der Waals surface area contributed by atoms with Crippen molar-refractivity contribution in [3.63, 3.8) is 0 Å². The molecule has 0 aliphatic heterocycles. The molecule has 0 aromatic rings. The molecule has 0 aliphatic carbocycles. The topological polar surface area (TPSA) is 12.0 Å². The summed E-state index contributed by atoms with van der Waals surface area (Å²) < 4.78 is 3.87. The van der Waals surface area contributed by atoms with Gasteiger partial charge in [0.05, 0.1) is 0 Å². The second-order valence-corrected chi connectivity index (χ2v) is 6.07. The molecule has 0 aromatic carbocycles. The fraction of sp³-hybridized carbons (Fsp3) is 1.00. The van der Waals surface area contributed by atoms with Crippen LogP contribution in [-0.2, 0) is 0 Å². The fourth-order valence-corrected chi connectivity index (χ4v) is 1.26. The Kier molecular flexibility index (Phi) is 4.64. The first-order valence-electron chi connectivity index (χ1n) is 4.78. The van der Waals surface area contributed by atoms with Gasteiger partial charge in [0.25, 0.3) is 0 Å². The minimum Gasteiger partial charge on any atom is -0.258 e. The molecule has 0 saturated heterocycles. The molecular formula is C10H23NS. The van der Waals surface area contributed by atoms with E-state index >= 15 is 0 Å². The lowest BCUT2D eigenvalue weighted by Gasteiger charge is -2.30. The van der Waals surface area contributed by atoms with Crippen molar-refractivity contribution in [3.05, 3.63) is 0 Å². The summed E-state index contributed by atoms with van der Waals surface area (Å²) in [5.74, 6) is 0. The Morgan fingerprint density at radius 3 is 1.83 bits per heavy atom. The average Bonchev–Trinajstić information content (AvgIpc) is 2.02. The van der Waals surface area contributed by atoms with Crippen LogP contribution in [0.15, 0.2) is 0 Å².